The monoisotopic (exact) mass is 380 g/mol. The van der Waals surface area contributed by atoms with Gasteiger partial charge in [-0.05, 0) is 50.3 Å². The van der Waals surface area contributed by atoms with Crippen LogP contribution in [0.1, 0.15) is 19.4 Å². The second-order valence-electron chi connectivity index (χ2n) is 7.07. The van der Waals surface area contributed by atoms with Gasteiger partial charge in [-0.2, -0.15) is 0 Å². The van der Waals surface area contributed by atoms with Crippen LogP contribution in [0.4, 0.5) is 0 Å². The number of aromatic hydroxyl groups is 1. The molecule has 6 heteroatoms. The fourth-order valence-corrected chi connectivity index (χ4v) is 3.30. The van der Waals surface area contributed by atoms with Crippen LogP contribution in [-0.4, -0.2) is 24.9 Å². The molecule has 0 aliphatic carbocycles. The summed E-state index contributed by atoms with van der Waals surface area (Å²) in [5, 5.41) is 10.7. The fraction of sp³-hybridized carbons (Fsp3) is 0.227. The summed E-state index contributed by atoms with van der Waals surface area (Å²) < 4.78 is 22.6. The molecule has 1 aliphatic heterocycles. The first kappa shape index (κ1) is 18.0. The van der Waals surface area contributed by atoms with Crippen molar-refractivity contribution in [1.29, 1.82) is 0 Å². The average Bonchev–Trinajstić information content (AvgIpc) is 2.68. The Hall–Kier alpha value is -3.41. The Labute approximate surface area is 161 Å². The van der Waals surface area contributed by atoms with Crippen molar-refractivity contribution in [3.63, 3.8) is 0 Å². The largest absolute Gasteiger partial charge is 0.502 e. The molecule has 6 nitrogen and oxygen atoms in total. The van der Waals surface area contributed by atoms with E-state index in [2.05, 4.69) is 0 Å². The van der Waals surface area contributed by atoms with Crippen LogP contribution in [0.25, 0.3) is 28.4 Å². The summed E-state index contributed by atoms with van der Waals surface area (Å²) in [5.74, 6) is 1.12. The highest BCUT2D eigenvalue weighted by Gasteiger charge is 2.28. The summed E-state index contributed by atoms with van der Waals surface area (Å²) in [6.07, 6.45) is 3.74. The van der Waals surface area contributed by atoms with Gasteiger partial charge in [0.25, 0.3) is 0 Å². The van der Waals surface area contributed by atoms with Crippen LogP contribution in [0.2, 0.25) is 0 Å². The van der Waals surface area contributed by atoms with E-state index in [0.717, 1.165) is 0 Å². The van der Waals surface area contributed by atoms with E-state index in [1.54, 1.807) is 37.4 Å². The van der Waals surface area contributed by atoms with Crippen molar-refractivity contribution >= 4 is 17.0 Å². The number of benzene rings is 2. The fourth-order valence-electron chi connectivity index (χ4n) is 3.30. The third kappa shape index (κ3) is 2.78. The van der Waals surface area contributed by atoms with Crippen molar-refractivity contribution in [1.82, 2.24) is 0 Å². The lowest BCUT2D eigenvalue weighted by Crippen LogP contribution is -2.27. The van der Waals surface area contributed by atoms with E-state index in [9.17, 15) is 9.90 Å². The van der Waals surface area contributed by atoms with E-state index < -0.39 is 16.8 Å². The Morgan fingerprint density at radius 1 is 1.07 bits per heavy atom. The number of rotatable bonds is 3. The molecule has 1 aliphatic rings. The van der Waals surface area contributed by atoms with Gasteiger partial charge >= 0.3 is 0 Å². The van der Waals surface area contributed by atoms with Crippen molar-refractivity contribution in [2.24, 2.45) is 0 Å². The van der Waals surface area contributed by atoms with Crippen molar-refractivity contribution in [2.45, 2.75) is 19.4 Å². The highest BCUT2D eigenvalue weighted by Crippen LogP contribution is 2.43. The Balaban J connectivity index is 2.00. The summed E-state index contributed by atoms with van der Waals surface area (Å²) in [7, 11) is 3.03. The molecule has 1 aromatic heterocycles. The third-order valence-corrected chi connectivity index (χ3v) is 4.70. The van der Waals surface area contributed by atoms with Gasteiger partial charge in [0.05, 0.1) is 19.8 Å². The van der Waals surface area contributed by atoms with Crippen molar-refractivity contribution in [3.05, 3.63) is 52.2 Å². The van der Waals surface area contributed by atoms with Gasteiger partial charge in [0.15, 0.2) is 5.76 Å². The van der Waals surface area contributed by atoms with Gasteiger partial charge in [-0.15, -0.1) is 0 Å². The molecule has 0 unspecified atom stereocenters. The molecule has 2 aromatic carbocycles. The molecule has 0 radical (unpaired) electrons. The first-order valence-corrected chi connectivity index (χ1v) is 8.78. The van der Waals surface area contributed by atoms with Gasteiger partial charge in [0.2, 0.25) is 11.2 Å². The lowest BCUT2D eigenvalue weighted by atomic mass is 9.99. The summed E-state index contributed by atoms with van der Waals surface area (Å²) in [6.45, 7) is 3.86. The summed E-state index contributed by atoms with van der Waals surface area (Å²) in [5.41, 5.74) is 0.399. The molecule has 0 fully saturated rings. The SMILES string of the molecule is COc1ccc(-c2oc3cc4c(c(OC)c3c(=O)c2O)C=CC(C)(C)O4)cc1. The maximum Gasteiger partial charge on any atom is 0.238 e. The van der Waals surface area contributed by atoms with Crippen molar-refractivity contribution in [2.75, 3.05) is 14.2 Å². The molecule has 0 atom stereocenters. The smallest absolute Gasteiger partial charge is 0.238 e. The summed E-state index contributed by atoms with van der Waals surface area (Å²) in [6, 6.07) is 8.53. The minimum absolute atomic E-state index is 0.0766. The summed E-state index contributed by atoms with van der Waals surface area (Å²) in [4.78, 5) is 13.0. The zero-order valence-corrected chi connectivity index (χ0v) is 16.0. The minimum Gasteiger partial charge on any atom is -0.502 e. The maximum absolute atomic E-state index is 13.0. The van der Waals surface area contributed by atoms with E-state index in [0.29, 0.717) is 28.4 Å². The number of methoxy groups -OCH3 is 2. The predicted octanol–water partition coefficient (Wildman–Crippen LogP) is 4.37. The van der Waals surface area contributed by atoms with Crippen molar-refractivity contribution < 1.29 is 23.7 Å². The molecule has 0 bridgehead atoms. The van der Waals surface area contributed by atoms with Crippen LogP contribution < -0.4 is 19.6 Å². The standard InChI is InChI=1S/C22H20O6/c1-22(2)10-9-14-15(28-22)11-16-17(21(14)26-4)18(23)19(24)20(27-16)12-5-7-13(25-3)8-6-12/h5-11,24H,1-4H3. The Kier molecular flexibility index (Phi) is 4.07. The van der Waals surface area contributed by atoms with E-state index in [4.69, 9.17) is 18.6 Å². The number of hydrogen-bond acceptors (Lipinski definition) is 6. The molecular formula is C22H20O6. The third-order valence-electron chi connectivity index (χ3n) is 4.70. The first-order chi connectivity index (χ1) is 13.3. The molecule has 4 rings (SSSR count). The molecule has 1 N–H and O–H groups in total. The second kappa shape index (κ2) is 6.34. The normalized spacial score (nSPS) is 14.4. The Morgan fingerprint density at radius 2 is 1.79 bits per heavy atom. The Bertz CT molecular complexity index is 1150. The van der Waals surface area contributed by atoms with Crippen molar-refractivity contribution in [3.8, 4) is 34.3 Å². The van der Waals surface area contributed by atoms with E-state index >= 15 is 0 Å². The Morgan fingerprint density at radius 3 is 2.43 bits per heavy atom. The van der Waals surface area contributed by atoms with Crippen LogP contribution in [0.5, 0.6) is 23.0 Å². The first-order valence-electron chi connectivity index (χ1n) is 8.78. The minimum atomic E-state index is -0.565. The van der Waals surface area contributed by atoms with Gasteiger partial charge in [-0.25, -0.2) is 0 Å². The van der Waals surface area contributed by atoms with E-state index in [1.807, 2.05) is 26.0 Å². The van der Waals surface area contributed by atoms with E-state index in [1.165, 1.54) is 7.11 Å². The molecule has 144 valence electrons. The van der Waals surface area contributed by atoms with Crippen LogP contribution in [0.3, 0.4) is 0 Å². The second-order valence-corrected chi connectivity index (χ2v) is 7.07. The molecule has 0 spiro atoms. The molecule has 3 aromatic rings. The zero-order valence-electron chi connectivity index (χ0n) is 16.0. The molecule has 0 amide bonds. The quantitative estimate of drug-likeness (QED) is 0.727. The molecule has 28 heavy (non-hydrogen) atoms. The predicted molar refractivity (Wildman–Crippen MR) is 106 cm³/mol. The maximum atomic E-state index is 13.0. The van der Waals surface area contributed by atoms with Gasteiger partial charge < -0.3 is 23.7 Å². The molecule has 0 saturated carbocycles. The molecule has 0 saturated heterocycles. The zero-order chi connectivity index (χ0) is 20.1. The highest BCUT2D eigenvalue weighted by molar-refractivity contribution is 5.93. The van der Waals surface area contributed by atoms with Crippen LogP contribution in [0.15, 0.2) is 45.6 Å². The van der Waals surface area contributed by atoms with E-state index in [-0.39, 0.29) is 16.7 Å². The molecule has 2 heterocycles. The van der Waals surface area contributed by atoms with Gasteiger partial charge in [0.1, 0.15) is 33.8 Å². The van der Waals surface area contributed by atoms with Gasteiger partial charge in [0, 0.05) is 11.6 Å². The molecular weight excluding hydrogens is 360 g/mol. The lowest BCUT2D eigenvalue weighted by Gasteiger charge is -2.28. The lowest BCUT2D eigenvalue weighted by molar-refractivity contribution is 0.158. The average molecular weight is 380 g/mol. The number of hydrogen-bond donors (Lipinski definition) is 1. The van der Waals surface area contributed by atoms with Crippen LogP contribution >= 0.6 is 0 Å². The number of fused-ring (bicyclic) bond motifs is 2. The highest BCUT2D eigenvalue weighted by atomic mass is 16.5. The summed E-state index contributed by atoms with van der Waals surface area (Å²) >= 11 is 0. The van der Waals surface area contributed by atoms with Gasteiger partial charge in [-0.3, -0.25) is 4.79 Å². The van der Waals surface area contributed by atoms with Crippen LogP contribution in [-0.2, 0) is 0 Å². The topological polar surface area (TPSA) is 78.1 Å². The van der Waals surface area contributed by atoms with Gasteiger partial charge in [-0.1, -0.05) is 0 Å². The number of ether oxygens (including phenoxy) is 3. The van der Waals surface area contributed by atoms with Crippen LogP contribution in [0, 0.1) is 0 Å².